The second kappa shape index (κ2) is 6.71. The van der Waals surface area contributed by atoms with Crippen molar-refractivity contribution >= 4 is 21.7 Å². The van der Waals surface area contributed by atoms with Gasteiger partial charge in [0.1, 0.15) is 5.75 Å². The standard InChI is InChI=1S/C17H17BrO2/c1-3-20-17-8-7-14(11-15(17)18)16(19)10-13-6-4-5-12(2)9-13/h4-9,11H,3,10H2,1-2H3. The first-order valence-electron chi connectivity index (χ1n) is 6.61. The lowest BCUT2D eigenvalue weighted by molar-refractivity contribution is 0.0993. The van der Waals surface area contributed by atoms with Crippen molar-refractivity contribution in [3.05, 3.63) is 63.6 Å². The third kappa shape index (κ3) is 3.70. The minimum atomic E-state index is 0.111. The highest BCUT2D eigenvalue weighted by atomic mass is 79.9. The fraction of sp³-hybridized carbons (Fsp3) is 0.235. The third-order valence-electron chi connectivity index (χ3n) is 3.00. The SMILES string of the molecule is CCOc1ccc(C(=O)Cc2cccc(C)c2)cc1Br. The van der Waals surface area contributed by atoms with Crippen LogP contribution in [0.3, 0.4) is 0 Å². The van der Waals surface area contributed by atoms with Crippen LogP contribution in [0.2, 0.25) is 0 Å². The molecular weight excluding hydrogens is 316 g/mol. The summed E-state index contributed by atoms with van der Waals surface area (Å²) in [7, 11) is 0. The normalized spacial score (nSPS) is 10.3. The molecule has 0 saturated carbocycles. The van der Waals surface area contributed by atoms with E-state index >= 15 is 0 Å². The Bertz CT molecular complexity index is 620. The molecule has 0 aliphatic heterocycles. The summed E-state index contributed by atoms with van der Waals surface area (Å²) < 4.78 is 6.26. The summed E-state index contributed by atoms with van der Waals surface area (Å²) in [6, 6.07) is 13.5. The summed E-state index contributed by atoms with van der Waals surface area (Å²) in [5, 5.41) is 0. The van der Waals surface area contributed by atoms with E-state index in [4.69, 9.17) is 4.74 Å². The predicted molar refractivity (Wildman–Crippen MR) is 84.5 cm³/mol. The van der Waals surface area contributed by atoms with Gasteiger partial charge >= 0.3 is 0 Å². The van der Waals surface area contributed by atoms with Gasteiger partial charge in [-0.1, -0.05) is 29.8 Å². The number of benzene rings is 2. The molecule has 0 saturated heterocycles. The van der Waals surface area contributed by atoms with Crippen LogP contribution in [0.1, 0.15) is 28.4 Å². The Hall–Kier alpha value is -1.61. The van der Waals surface area contributed by atoms with Crippen molar-refractivity contribution in [3.8, 4) is 5.75 Å². The topological polar surface area (TPSA) is 26.3 Å². The monoisotopic (exact) mass is 332 g/mol. The van der Waals surface area contributed by atoms with E-state index in [1.807, 2.05) is 56.3 Å². The van der Waals surface area contributed by atoms with Crippen LogP contribution in [-0.2, 0) is 6.42 Å². The van der Waals surface area contributed by atoms with Gasteiger partial charge in [-0.15, -0.1) is 0 Å². The zero-order valence-electron chi connectivity index (χ0n) is 11.7. The van der Waals surface area contributed by atoms with E-state index in [-0.39, 0.29) is 5.78 Å². The average Bonchev–Trinajstić information content (AvgIpc) is 2.41. The van der Waals surface area contributed by atoms with Gasteiger partial charge in [-0.25, -0.2) is 0 Å². The summed E-state index contributed by atoms with van der Waals surface area (Å²) in [6.45, 7) is 4.57. The lowest BCUT2D eigenvalue weighted by Crippen LogP contribution is -2.04. The molecule has 3 heteroatoms. The molecule has 2 aromatic rings. The Morgan fingerprint density at radius 3 is 2.65 bits per heavy atom. The molecule has 2 rings (SSSR count). The number of carbonyl (C=O) groups is 1. The smallest absolute Gasteiger partial charge is 0.167 e. The molecule has 0 aromatic heterocycles. The molecule has 0 N–H and O–H groups in total. The molecule has 20 heavy (non-hydrogen) atoms. The lowest BCUT2D eigenvalue weighted by Gasteiger charge is -2.08. The first-order chi connectivity index (χ1) is 9.60. The number of aryl methyl sites for hydroxylation is 1. The molecule has 0 unspecified atom stereocenters. The quantitative estimate of drug-likeness (QED) is 0.749. The molecule has 0 amide bonds. The number of ether oxygens (including phenoxy) is 1. The van der Waals surface area contributed by atoms with Gasteiger partial charge in [0.25, 0.3) is 0 Å². The zero-order chi connectivity index (χ0) is 14.5. The number of ketones is 1. The van der Waals surface area contributed by atoms with Crippen LogP contribution in [0.15, 0.2) is 46.9 Å². The number of rotatable bonds is 5. The van der Waals surface area contributed by atoms with Crippen LogP contribution in [0.5, 0.6) is 5.75 Å². The zero-order valence-corrected chi connectivity index (χ0v) is 13.2. The number of Topliss-reactive ketones (excluding diaryl/α,β-unsaturated/α-hetero) is 1. The highest BCUT2D eigenvalue weighted by molar-refractivity contribution is 9.10. The minimum absolute atomic E-state index is 0.111. The summed E-state index contributed by atoms with van der Waals surface area (Å²) in [5.74, 6) is 0.874. The molecule has 0 atom stereocenters. The first-order valence-corrected chi connectivity index (χ1v) is 7.40. The fourth-order valence-electron chi connectivity index (χ4n) is 2.06. The Morgan fingerprint density at radius 2 is 2.00 bits per heavy atom. The van der Waals surface area contributed by atoms with E-state index < -0.39 is 0 Å². The van der Waals surface area contributed by atoms with Gasteiger partial charge in [0.15, 0.2) is 5.78 Å². The van der Waals surface area contributed by atoms with Crippen molar-refractivity contribution in [1.82, 2.24) is 0 Å². The van der Waals surface area contributed by atoms with Crippen LogP contribution >= 0.6 is 15.9 Å². The van der Waals surface area contributed by atoms with Gasteiger partial charge in [0, 0.05) is 12.0 Å². The third-order valence-corrected chi connectivity index (χ3v) is 3.62. The highest BCUT2D eigenvalue weighted by Crippen LogP contribution is 2.26. The molecule has 0 radical (unpaired) electrons. The molecule has 0 aliphatic rings. The fourth-order valence-corrected chi connectivity index (χ4v) is 2.55. The number of carbonyl (C=O) groups excluding carboxylic acids is 1. The summed E-state index contributed by atoms with van der Waals surface area (Å²) in [6.07, 6.45) is 0.419. The van der Waals surface area contributed by atoms with Crippen molar-refractivity contribution in [2.45, 2.75) is 20.3 Å². The van der Waals surface area contributed by atoms with Crippen LogP contribution in [0.25, 0.3) is 0 Å². The molecule has 0 bridgehead atoms. The Morgan fingerprint density at radius 1 is 1.20 bits per heavy atom. The number of hydrogen-bond donors (Lipinski definition) is 0. The van der Waals surface area contributed by atoms with Gasteiger partial charge in [0.05, 0.1) is 11.1 Å². The highest BCUT2D eigenvalue weighted by Gasteiger charge is 2.10. The van der Waals surface area contributed by atoms with Crippen LogP contribution in [0, 0.1) is 6.92 Å². The van der Waals surface area contributed by atoms with E-state index in [1.165, 1.54) is 5.56 Å². The first kappa shape index (κ1) is 14.8. The number of hydrogen-bond acceptors (Lipinski definition) is 2. The van der Waals surface area contributed by atoms with Crippen LogP contribution in [-0.4, -0.2) is 12.4 Å². The van der Waals surface area contributed by atoms with E-state index in [0.29, 0.717) is 18.6 Å². The van der Waals surface area contributed by atoms with Gasteiger partial charge < -0.3 is 4.74 Å². The summed E-state index contributed by atoms with van der Waals surface area (Å²) >= 11 is 3.44. The van der Waals surface area contributed by atoms with Gasteiger partial charge in [-0.3, -0.25) is 4.79 Å². The van der Waals surface area contributed by atoms with E-state index in [2.05, 4.69) is 15.9 Å². The van der Waals surface area contributed by atoms with Crippen molar-refractivity contribution in [2.75, 3.05) is 6.61 Å². The molecule has 0 fully saturated rings. The molecule has 104 valence electrons. The molecule has 2 nitrogen and oxygen atoms in total. The summed E-state index contributed by atoms with van der Waals surface area (Å²) in [5.41, 5.74) is 2.91. The molecule has 0 spiro atoms. The molecule has 2 aromatic carbocycles. The maximum atomic E-state index is 12.3. The lowest BCUT2D eigenvalue weighted by atomic mass is 10.0. The number of halogens is 1. The predicted octanol–water partition coefficient (Wildman–Crippen LogP) is 4.58. The molecule has 0 aliphatic carbocycles. The van der Waals surface area contributed by atoms with E-state index in [1.54, 1.807) is 0 Å². The van der Waals surface area contributed by atoms with Gasteiger partial charge in [-0.05, 0) is 53.5 Å². The maximum absolute atomic E-state index is 12.3. The van der Waals surface area contributed by atoms with Crippen molar-refractivity contribution < 1.29 is 9.53 Å². The van der Waals surface area contributed by atoms with E-state index in [9.17, 15) is 4.79 Å². The largest absolute Gasteiger partial charge is 0.493 e. The van der Waals surface area contributed by atoms with E-state index in [0.717, 1.165) is 15.8 Å². The second-order valence-electron chi connectivity index (χ2n) is 4.67. The second-order valence-corrected chi connectivity index (χ2v) is 5.52. The Balaban J connectivity index is 2.15. The van der Waals surface area contributed by atoms with Crippen LogP contribution in [0.4, 0.5) is 0 Å². The molecule has 0 heterocycles. The van der Waals surface area contributed by atoms with Gasteiger partial charge in [-0.2, -0.15) is 0 Å². The minimum Gasteiger partial charge on any atom is -0.493 e. The van der Waals surface area contributed by atoms with Crippen molar-refractivity contribution in [3.63, 3.8) is 0 Å². The van der Waals surface area contributed by atoms with Crippen molar-refractivity contribution in [1.29, 1.82) is 0 Å². The summed E-state index contributed by atoms with van der Waals surface area (Å²) in [4.78, 5) is 12.3. The Labute approximate surface area is 127 Å². The van der Waals surface area contributed by atoms with Crippen LogP contribution < -0.4 is 4.74 Å². The molecular formula is C17H17BrO2. The van der Waals surface area contributed by atoms with Crippen molar-refractivity contribution in [2.24, 2.45) is 0 Å². The maximum Gasteiger partial charge on any atom is 0.167 e. The Kier molecular flexibility index (Phi) is 4.96. The van der Waals surface area contributed by atoms with Gasteiger partial charge in [0.2, 0.25) is 0 Å². The average molecular weight is 333 g/mol.